The molecule has 2 aromatic heterocycles. The zero-order valence-electron chi connectivity index (χ0n) is 9.71. The van der Waals surface area contributed by atoms with Crippen LogP contribution in [0.4, 0.5) is 4.39 Å². The van der Waals surface area contributed by atoms with Crippen LogP contribution in [-0.4, -0.2) is 9.38 Å². The first kappa shape index (κ1) is 11.7. The van der Waals surface area contributed by atoms with Crippen molar-refractivity contribution in [2.75, 3.05) is 0 Å². The third-order valence-electron chi connectivity index (χ3n) is 2.58. The van der Waals surface area contributed by atoms with Gasteiger partial charge in [0.05, 0.1) is 17.3 Å². The molecule has 0 atom stereocenters. The van der Waals surface area contributed by atoms with Gasteiger partial charge in [-0.25, -0.2) is 9.37 Å². The molecule has 0 aliphatic carbocycles. The first-order valence-electron chi connectivity index (χ1n) is 5.50. The molecule has 6 heteroatoms. The monoisotopic (exact) mass is 273 g/mol. The minimum atomic E-state index is -0.542. The van der Waals surface area contributed by atoms with Gasteiger partial charge in [0, 0.05) is 17.8 Å². The Balaban J connectivity index is 1.75. The van der Waals surface area contributed by atoms with Gasteiger partial charge in [0.2, 0.25) is 0 Å². The number of fused-ring (bicyclic) bond motifs is 1. The maximum Gasteiger partial charge on any atom is 0.193 e. The van der Waals surface area contributed by atoms with Crippen LogP contribution in [0.25, 0.3) is 4.96 Å². The summed E-state index contributed by atoms with van der Waals surface area (Å²) in [6.07, 6.45) is 3.74. The van der Waals surface area contributed by atoms with Crippen molar-refractivity contribution in [2.45, 2.75) is 6.61 Å². The Morgan fingerprint density at radius 1 is 1.47 bits per heavy atom. The van der Waals surface area contributed by atoms with E-state index in [1.54, 1.807) is 0 Å². The summed E-state index contributed by atoms with van der Waals surface area (Å²) in [5, 5.41) is 10.6. The summed E-state index contributed by atoms with van der Waals surface area (Å²) in [7, 11) is 0. The number of aromatic nitrogens is 2. The first-order chi connectivity index (χ1) is 9.26. The van der Waals surface area contributed by atoms with Crippen molar-refractivity contribution in [1.82, 2.24) is 9.38 Å². The van der Waals surface area contributed by atoms with Gasteiger partial charge in [-0.1, -0.05) is 0 Å². The fourth-order valence-corrected chi connectivity index (χ4v) is 2.40. The number of imidazole rings is 1. The number of ether oxygens (including phenoxy) is 1. The number of hydrogen-bond donors (Lipinski definition) is 0. The van der Waals surface area contributed by atoms with E-state index in [-0.39, 0.29) is 17.9 Å². The second-order valence-electron chi connectivity index (χ2n) is 3.87. The predicted octanol–water partition coefficient (Wildman–Crippen LogP) is 2.99. The van der Waals surface area contributed by atoms with Crippen molar-refractivity contribution >= 4 is 16.3 Å². The van der Waals surface area contributed by atoms with Gasteiger partial charge in [0.1, 0.15) is 6.61 Å². The number of thiazole rings is 1. The number of benzene rings is 1. The van der Waals surface area contributed by atoms with E-state index < -0.39 is 5.82 Å². The topological polar surface area (TPSA) is 50.3 Å². The second kappa shape index (κ2) is 4.71. The number of rotatable bonds is 3. The lowest BCUT2D eigenvalue weighted by molar-refractivity contribution is 0.286. The van der Waals surface area contributed by atoms with Crippen LogP contribution in [0.3, 0.4) is 0 Å². The Labute approximate surface area is 112 Å². The van der Waals surface area contributed by atoms with Crippen molar-refractivity contribution in [1.29, 1.82) is 5.26 Å². The zero-order chi connectivity index (χ0) is 13.2. The lowest BCUT2D eigenvalue weighted by Crippen LogP contribution is -1.98. The highest BCUT2D eigenvalue weighted by Gasteiger charge is 2.07. The molecule has 0 N–H and O–H groups in total. The molecule has 0 radical (unpaired) electrons. The molecular weight excluding hydrogens is 265 g/mol. The van der Waals surface area contributed by atoms with E-state index in [1.807, 2.05) is 28.2 Å². The quantitative estimate of drug-likeness (QED) is 0.737. The maximum absolute atomic E-state index is 13.6. The Hall–Kier alpha value is -2.39. The molecule has 0 saturated heterocycles. The van der Waals surface area contributed by atoms with Gasteiger partial charge >= 0.3 is 0 Å². The molecule has 0 amide bonds. The first-order valence-corrected chi connectivity index (χ1v) is 6.38. The Bertz CT molecular complexity index is 743. The van der Waals surface area contributed by atoms with E-state index in [2.05, 4.69) is 4.98 Å². The summed E-state index contributed by atoms with van der Waals surface area (Å²) in [6.45, 7) is 0.192. The van der Waals surface area contributed by atoms with E-state index in [4.69, 9.17) is 10.00 Å². The number of hydrogen-bond acceptors (Lipinski definition) is 4. The molecule has 3 rings (SSSR count). The average molecular weight is 273 g/mol. The number of nitrogens with zero attached hydrogens (tertiary/aromatic N) is 3. The van der Waals surface area contributed by atoms with Crippen LogP contribution >= 0.6 is 11.3 Å². The maximum atomic E-state index is 13.6. The fraction of sp³-hybridized carbons (Fsp3) is 0.0769. The van der Waals surface area contributed by atoms with Gasteiger partial charge < -0.3 is 4.74 Å². The van der Waals surface area contributed by atoms with Gasteiger partial charge in [-0.05, 0) is 18.2 Å². The minimum Gasteiger partial charge on any atom is -0.484 e. The van der Waals surface area contributed by atoms with Gasteiger partial charge in [0.25, 0.3) is 0 Å². The third kappa shape index (κ3) is 2.28. The van der Waals surface area contributed by atoms with E-state index in [1.165, 1.54) is 23.5 Å². The second-order valence-corrected chi connectivity index (χ2v) is 4.74. The van der Waals surface area contributed by atoms with E-state index in [0.717, 1.165) is 16.7 Å². The molecule has 1 aromatic carbocycles. The van der Waals surface area contributed by atoms with Crippen LogP contribution in [-0.2, 0) is 6.61 Å². The van der Waals surface area contributed by atoms with Crippen molar-refractivity contribution in [3.05, 3.63) is 53.0 Å². The smallest absolute Gasteiger partial charge is 0.193 e. The lowest BCUT2D eigenvalue weighted by Gasteiger charge is -2.05. The summed E-state index contributed by atoms with van der Waals surface area (Å²) in [5.41, 5.74) is 1.00. The molecule has 94 valence electrons. The van der Waals surface area contributed by atoms with Crippen LogP contribution < -0.4 is 4.74 Å². The molecule has 0 aliphatic rings. The van der Waals surface area contributed by atoms with Gasteiger partial charge in [0.15, 0.2) is 16.5 Å². The highest BCUT2D eigenvalue weighted by atomic mass is 32.1. The summed E-state index contributed by atoms with van der Waals surface area (Å²) in [6, 6.07) is 6.00. The van der Waals surface area contributed by atoms with E-state index in [0.29, 0.717) is 0 Å². The van der Waals surface area contributed by atoms with Crippen molar-refractivity contribution < 1.29 is 9.13 Å². The largest absolute Gasteiger partial charge is 0.484 e. The summed E-state index contributed by atoms with van der Waals surface area (Å²) in [5.74, 6) is -0.421. The van der Waals surface area contributed by atoms with Gasteiger partial charge in [-0.15, -0.1) is 11.3 Å². The average Bonchev–Trinajstić information content (AvgIpc) is 2.98. The highest BCUT2D eigenvalue weighted by Crippen LogP contribution is 2.20. The standard InChI is InChI=1S/C13H8FN3OS/c14-11-5-9(6-15)1-2-12(11)18-8-10-7-17-3-4-19-13(17)16-10/h1-5,7H,8H2. The lowest BCUT2D eigenvalue weighted by atomic mass is 10.2. The summed E-state index contributed by atoms with van der Waals surface area (Å²) >= 11 is 1.52. The highest BCUT2D eigenvalue weighted by molar-refractivity contribution is 7.15. The molecule has 0 bridgehead atoms. The van der Waals surface area contributed by atoms with Crippen LogP contribution in [0.5, 0.6) is 5.75 Å². The molecule has 3 aromatic rings. The normalized spacial score (nSPS) is 10.5. The SMILES string of the molecule is N#Cc1ccc(OCc2cn3ccsc3n2)c(F)c1. The summed E-state index contributed by atoms with van der Waals surface area (Å²) < 4.78 is 20.8. The van der Waals surface area contributed by atoms with E-state index in [9.17, 15) is 4.39 Å². The van der Waals surface area contributed by atoms with Crippen molar-refractivity contribution in [2.24, 2.45) is 0 Å². The van der Waals surface area contributed by atoms with Gasteiger partial charge in [-0.3, -0.25) is 4.40 Å². The van der Waals surface area contributed by atoms with E-state index >= 15 is 0 Å². The Morgan fingerprint density at radius 2 is 2.37 bits per heavy atom. The number of halogens is 1. The fourth-order valence-electron chi connectivity index (χ4n) is 1.68. The Morgan fingerprint density at radius 3 is 3.11 bits per heavy atom. The van der Waals surface area contributed by atoms with Crippen molar-refractivity contribution in [3.8, 4) is 11.8 Å². The molecule has 0 fully saturated rings. The van der Waals surface area contributed by atoms with Crippen molar-refractivity contribution in [3.63, 3.8) is 0 Å². The molecule has 2 heterocycles. The Kier molecular flexibility index (Phi) is 2.89. The molecule has 4 nitrogen and oxygen atoms in total. The molecule has 0 aliphatic heterocycles. The van der Waals surface area contributed by atoms with Gasteiger partial charge in [-0.2, -0.15) is 5.26 Å². The van der Waals surface area contributed by atoms with Crippen LogP contribution in [0.2, 0.25) is 0 Å². The minimum absolute atomic E-state index is 0.121. The third-order valence-corrected chi connectivity index (χ3v) is 3.35. The van der Waals surface area contributed by atoms with Crippen LogP contribution in [0.1, 0.15) is 11.3 Å². The predicted molar refractivity (Wildman–Crippen MR) is 68.5 cm³/mol. The zero-order valence-corrected chi connectivity index (χ0v) is 10.5. The summed E-state index contributed by atoms with van der Waals surface area (Å²) in [4.78, 5) is 5.21. The van der Waals surface area contributed by atoms with Crippen LogP contribution in [0.15, 0.2) is 36.0 Å². The molecular formula is C13H8FN3OS. The molecule has 0 unspecified atom stereocenters. The molecule has 0 saturated carbocycles. The molecule has 0 spiro atoms. The molecule has 19 heavy (non-hydrogen) atoms. The van der Waals surface area contributed by atoms with Crippen LogP contribution in [0, 0.1) is 17.1 Å². The number of nitriles is 1.